The third-order valence-corrected chi connectivity index (χ3v) is 4.99. The topological polar surface area (TPSA) is 56.3 Å². The maximum absolute atomic E-state index is 5.61. The zero-order valence-electron chi connectivity index (χ0n) is 18.3. The van der Waals surface area contributed by atoms with Crippen molar-refractivity contribution in [3.05, 3.63) is 29.6 Å². The summed E-state index contributed by atoms with van der Waals surface area (Å²) in [5.41, 5.74) is 3.83. The minimum absolute atomic E-state index is 0.445. The Balaban J connectivity index is 2.50. The van der Waals surface area contributed by atoms with E-state index in [4.69, 9.17) is 19.4 Å². The fourth-order valence-corrected chi connectivity index (χ4v) is 3.50. The monoisotopic (exact) mass is 385 g/mol. The first-order valence-electron chi connectivity index (χ1n) is 10.5. The van der Waals surface area contributed by atoms with Crippen molar-refractivity contribution in [2.24, 2.45) is 0 Å². The van der Waals surface area contributed by atoms with Crippen LogP contribution in [0.3, 0.4) is 0 Å². The Morgan fingerprint density at radius 2 is 1.57 bits per heavy atom. The highest BCUT2D eigenvalue weighted by atomic mass is 16.5. The van der Waals surface area contributed by atoms with Gasteiger partial charge in [-0.1, -0.05) is 40.5 Å². The molecule has 0 saturated heterocycles. The van der Waals surface area contributed by atoms with Gasteiger partial charge in [-0.2, -0.15) is 0 Å². The molecule has 28 heavy (non-hydrogen) atoms. The van der Waals surface area contributed by atoms with Gasteiger partial charge in [-0.15, -0.1) is 0 Å². The number of aryl methyl sites for hydroxylation is 2. The fourth-order valence-electron chi connectivity index (χ4n) is 3.50. The summed E-state index contributed by atoms with van der Waals surface area (Å²) in [6.45, 7) is 8.71. The lowest BCUT2D eigenvalue weighted by atomic mass is 10.0. The molecule has 0 radical (unpaired) electrons. The van der Waals surface area contributed by atoms with Gasteiger partial charge in [-0.25, -0.2) is 9.97 Å². The second-order valence-corrected chi connectivity index (χ2v) is 7.01. The Kier molecular flexibility index (Phi) is 8.55. The van der Waals surface area contributed by atoms with Crippen LogP contribution in [0.2, 0.25) is 0 Å². The van der Waals surface area contributed by atoms with Crippen molar-refractivity contribution >= 4 is 5.82 Å². The number of rotatable bonds is 11. The van der Waals surface area contributed by atoms with Crippen LogP contribution in [0, 0.1) is 0 Å². The highest BCUT2D eigenvalue weighted by Gasteiger charge is 2.18. The van der Waals surface area contributed by atoms with Crippen LogP contribution in [0.25, 0.3) is 11.3 Å². The van der Waals surface area contributed by atoms with E-state index in [1.165, 1.54) is 0 Å². The molecule has 154 valence electrons. The van der Waals surface area contributed by atoms with Crippen LogP contribution in [0.1, 0.15) is 64.8 Å². The first-order valence-corrected chi connectivity index (χ1v) is 10.5. The summed E-state index contributed by atoms with van der Waals surface area (Å²) >= 11 is 0. The maximum Gasteiger partial charge on any atom is 0.148 e. The number of ether oxygens (including phenoxy) is 2. The van der Waals surface area contributed by atoms with Crippen molar-refractivity contribution in [2.45, 2.75) is 72.3 Å². The number of benzene rings is 1. The lowest BCUT2D eigenvalue weighted by molar-refractivity contribution is 0.395. The average molecular weight is 386 g/mol. The van der Waals surface area contributed by atoms with Crippen LogP contribution >= 0.6 is 0 Å². The summed E-state index contributed by atoms with van der Waals surface area (Å²) < 4.78 is 10.9. The Labute approximate surface area is 169 Å². The van der Waals surface area contributed by atoms with E-state index < -0.39 is 0 Å². The second kappa shape index (κ2) is 10.9. The summed E-state index contributed by atoms with van der Waals surface area (Å²) in [5.74, 6) is 2.45. The van der Waals surface area contributed by atoms with Crippen molar-refractivity contribution in [1.29, 1.82) is 0 Å². The summed E-state index contributed by atoms with van der Waals surface area (Å²) in [6, 6.07) is 6.28. The molecule has 1 aromatic carbocycles. The largest absolute Gasteiger partial charge is 0.497 e. The average Bonchev–Trinajstić information content (AvgIpc) is 2.73. The van der Waals surface area contributed by atoms with E-state index >= 15 is 0 Å². The third-order valence-electron chi connectivity index (χ3n) is 4.99. The minimum atomic E-state index is 0.445. The van der Waals surface area contributed by atoms with E-state index in [0.29, 0.717) is 6.04 Å². The Morgan fingerprint density at radius 3 is 2.11 bits per heavy atom. The van der Waals surface area contributed by atoms with Gasteiger partial charge in [0.25, 0.3) is 0 Å². The zero-order valence-corrected chi connectivity index (χ0v) is 18.3. The van der Waals surface area contributed by atoms with Crippen LogP contribution in [-0.2, 0) is 12.8 Å². The molecule has 0 aliphatic carbocycles. The molecule has 0 aliphatic rings. The summed E-state index contributed by atoms with van der Waals surface area (Å²) in [7, 11) is 3.33. The summed E-state index contributed by atoms with van der Waals surface area (Å²) in [4.78, 5) is 10.0. The van der Waals surface area contributed by atoms with Crippen molar-refractivity contribution in [3.63, 3.8) is 0 Å². The number of nitrogens with one attached hydrogen (secondary N) is 1. The highest BCUT2D eigenvalue weighted by Crippen LogP contribution is 2.35. The summed E-state index contributed by atoms with van der Waals surface area (Å²) in [6.07, 6.45) is 6.25. The number of hydrogen-bond donors (Lipinski definition) is 1. The Hall–Kier alpha value is -2.30. The van der Waals surface area contributed by atoms with E-state index in [1.54, 1.807) is 14.2 Å². The van der Waals surface area contributed by atoms with Crippen LogP contribution < -0.4 is 14.8 Å². The Bertz CT molecular complexity index is 756. The molecule has 1 aromatic heterocycles. The van der Waals surface area contributed by atoms with Crippen molar-refractivity contribution in [3.8, 4) is 22.8 Å². The molecule has 0 spiro atoms. The van der Waals surface area contributed by atoms with Crippen LogP contribution in [0.5, 0.6) is 11.5 Å². The van der Waals surface area contributed by atoms with Gasteiger partial charge in [0.15, 0.2) is 0 Å². The van der Waals surface area contributed by atoms with Crippen LogP contribution in [0.4, 0.5) is 5.82 Å². The fraction of sp³-hybridized carbons (Fsp3) is 0.565. The predicted molar refractivity (Wildman–Crippen MR) is 117 cm³/mol. The van der Waals surface area contributed by atoms with E-state index in [1.807, 2.05) is 18.2 Å². The second-order valence-electron chi connectivity index (χ2n) is 7.01. The van der Waals surface area contributed by atoms with Gasteiger partial charge in [-0.3, -0.25) is 0 Å². The van der Waals surface area contributed by atoms with Crippen LogP contribution in [0.15, 0.2) is 18.2 Å². The number of anilines is 1. The first kappa shape index (κ1) is 22.0. The smallest absolute Gasteiger partial charge is 0.148 e. The van der Waals surface area contributed by atoms with Gasteiger partial charge < -0.3 is 14.8 Å². The SMILES string of the molecule is CCCC(CCC)Nc1nc(CC)c(-c2ccc(OC)cc2OC)nc1CC. The quantitative estimate of drug-likeness (QED) is 0.540. The van der Waals surface area contributed by atoms with Gasteiger partial charge in [0.2, 0.25) is 0 Å². The van der Waals surface area contributed by atoms with E-state index in [0.717, 1.165) is 78.5 Å². The minimum Gasteiger partial charge on any atom is -0.497 e. The molecular formula is C23H35N3O2. The molecule has 0 atom stereocenters. The van der Waals surface area contributed by atoms with Gasteiger partial charge in [0, 0.05) is 17.7 Å². The standard InChI is InChI=1S/C23H35N3O2/c1-7-11-16(12-8-2)24-23-20(10-4)25-22(19(9-3)26-23)18-14-13-17(27-5)15-21(18)28-6/h13-16H,7-12H2,1-6H3,(H,24,26). The first-order chi connectivity index (χ1) is 13.6. The van der Waals surface area contributed by atoms with Crippen LogP contribution in [-0.4, -0.2) is 30.2 Å². The lowest BCUT2D eigenvalue weighted by Crippen LogP contribution is -2.22. The Morgan fingerprint density at radius 1 is 0.893 bits per heavy atom. The van der Waals surface area contributed by atoms with E-state index in [2.05, 4.69) is 33.0 Å². The number of methoxy groups -OCH3 is 2. The van der Waals surface area contributed by atoms with Crippen molar-refractivity contribution in [2.75, 3.05) is 19.5 Å². The predicted octanol–water partition coefficient (Wildman–Crippen LogP) is 5.67. The molecule has 0 unspecified atom stereocenters. The van der Waals surface area contributed by atoms with Gasteiger partial charge in [0.05, 0.1) is 31.3 Å². The highest BCUT2D eigenvalue weighted by molar-refractivity contribution is 5.71. The molecule has 0 fully saturated rings. The number of hydrogen-bond acceptors (Lipinski definition) is 5. The molecular weight excluding hydrogens is 350 g/mol. The number of nitrogens with zero attached hydrogens (tertiary/aromatic N) is 2. The van der Waals surface area contributed by atoms with Gasteiger partial charge in [0.1, 0.15) is 17.3 Å². The van der Waals surface area contributed by atoms with Gasteiger partial charge in [-0.05, 0) is 37.8 Å². The normalized spacial score (nSPS) is 11.0. The molecule has 5 nitrogen and oxygen atoms in total. The van der Waals surface area contributed by atoms with Crippen molar-refractivity contribution < 1.29 is 9.47 Å². The maximum atomic E-state index is 5.61. The van der Waals surface area contributed by atoms with E-state index in [-0.39, 0.29) is 0 Å². The molecule has 1 heterocycles. The summed E-state index contributed by atoms with van der Waals surface area (Å²) in [5, 5.41) is 3.68. The molecule has 1 N–H and O–H groups in total. The zero-order chi connectivity index (χ0) is 20.5. The van der Waals surface area contributed by atoms with Crippen molar-refractivity contribution in [1.82, 2.24) is 9.97 Å². The molecule has 2 aromatic rings. The molecule has 2 rings (SSSR count). The third kappa shape index (κ3) is 5.15. The molecule has 0 bridgehead atoms. The number of aromatic nitrogens is 2. The van der Waals surface area contributed by atoms with Gasteiger partial charge >= 0.3 is 0 Å². The molecule has 0 amide bonds. The lowest BCUT2D eigenvalue weighted by Gasteiger charge is -2.21. The van der Waals surface area contributed by atoms with E-state index in [9.17, 15) is 0 Å². The molecule has 0 aliphatic heterocycles. The molecule has 5 heteroatoms. The molecule has 0 saturated carbocycles.